The van der Waals surface area contributed by atoms with E-state index in [1.165, 1.54) is 51.4 Å². The van der Waals surface area contributed by atoms with Crippen molar-refractivity contribution in [2.24, 2.45) is 59.2 Å². The molecule has 0 radical (unpaired) electrons. The van der Waals surface area contributed by atoms with Gasteiger partial charge in [-0.05, 0) is 118 Å². The largest absolute Gasteiger partial charge is 0.436 e. The van der Waals surface area contributed by atoms with E-state index >= 15 is 0 Å². The molecule has 0 heterocycles. The molecule has 0 N–H and O–H groups in total. The maximum Gasteiger partial charge on any atom is 0.311 e. The molecule has 8 unspecified atom stereocenters. The summed E-state index contributed by atoms with van der Waals surface area (Å²) in [6.07, 6.45) is 16.1. The maximum absolute atomic E-state index is 13.1. The van der Waals surface area contributed by atoms with Crippen LogP contribution in [0.5, 0.6) is 0 Å². The molecule has 0 aromatic rings. The van der Waals surface area contributed by atoms with Crippen molar-refractivity contribution >= 4 is 5.97 Å². The number of carbonyl (C=O) groups excluding carboxylic acids is 1. The number of hydrogen-bond acceptors (Lipinski definition) is 3. The molecule has 0 aromatic carbocycles. The average Bonchev–Trinajstić information content (AvgIpc) is 3.39. The minimum Gasteiger partial charge on any atom is -0.436 e. The molecule has 0 amide bonds. The molecule has 3 heteroatoms. The molecule has 8 rings (SSSR count). The van der Waals surface area contributed by atoms with E-state index in [2.05, 4.69) is 12.2 Å². The van der Waals surface area contributed by atoms with Gasteiger partial charge in [0.1, 0.15) is 0 Å². The number of rotatable bonds is 4. The minimum absolute atomic E-state index is 0.0175. The third-order valence-corrected chi connectivity index (χ3v) is 10.3. The summed E-state index contributed by atoms with van der Waals surface area (Å²) in [4.78, 5) is 13.1. The van der Waals surface area contributed by atoms with Crippen LogP contribution < -0.4 is 0 Å². The fourth-order valence-corrected chi connectivity index (χ4v) is 10.1. The number of hydrogen-bond donors (Lipinski definition) is 0. The van der Waals surface area contributed by atoms with Gasteiger partial charge in [0, 0.05) is 0 Å². The second-order valence-corrected chi connectivity index (χ2v) is 11.8. The molecule has 8 aliphatic carbocycles. The van der Waals surface area contributed by atoms with Crippen LogP contribution in [0, 0.1) is 59.2 Å². The van der Waals surface area contributed by atoms with Crippen LogP contribution in [0.25, 0.3) is 0 Å². The Hall–Kier alpha value is -0.830. The topological polar surface area (TPSA) is 35.5 Å². The van der Waals surface area contributed by atoms with Gasteiger partial charge in [0.05, 0.1) is 11.5 Å². The summed E-state index contributed by atoms with van der Waals surface area (Å²) >= 11 is 0. The van der Waals surface area contributed by atoms with Crippen molar-refractivity contribution < 1.29 is 14.3 Å². The van der Waals surface area contributed by atoms with E-state index in [9.17, 15) is 4.79 Å². The molecule has 152 valence electrons. The number of fused-ring (bicyclic) bond motifs is 9. The highest BCUT2D eigenvalue weighted by Crippen LogP contribution is 2.67. The zero-order valence-corrected chi connectivity index (χ0v) is 17.1. The highest BCUT2D eigenvalue weighted by molar-refractivity contribution is 5.73. The van der Waals surface area contributed by atoms with Crippen LogP contribution >= 0.6 is 0 Å². The highest BCUT2D eigenvalue weighted by atomic mass is 16.7. The van der Waals surface area contributed by atoms with Gasteiger partial charge in [0.15, 0.2) is 0 Å². The van der Waals surface area contributed by atoms with E-state index in [4.69, 9.17) is 9.47 Å². The molecule has 0 aromatic heterocycles. The first kappa shape index (κ1) is 16.9. The van der Waals surface area contributed by atoms with Crippen LogP contribution in [-0.4, -0.2) is 17.9 Å². The molecule has 8 bridgehead atoms. The Labute approximate surface area is 168 Å². The first-order valence-corrected chi connectivity index (χ1v) is 12.1. The van der Waals surface area contributed by atoms with Gasteiger partial charge in [-0.25, -0.2) is 0 Å². The molecule has 7 fully saturated rings. The van der Waals surface area contributed by atoms with Gasteiger partial charge >= 0.3 is 5.97 Å². The molecule has 8 atom stereocenters. The van der Waals surface area contributed by atoms with E-state index < -0.39 is 0 Å². The van der Waals surface area contributed by atoms with Crippen LogP contribution in [0.1, 0.15) is 64.7 Å². The van der Waals surface area contributed by atoms with Crippen LogP contribution in [0.2, 0.25) is 0 Å². The third kappa shape index (κ3) is 2.29. The molecular formula is C25H34O3. The van der Waals surface area contributed by atoms with Crippen molar-refractivity contribution in [3.63, 3.8) is 0 Å². The summed E-state index contributed by atoms with van der Waals surface area (Å²) in [5.74, 6) is 7.35. The van der Waals surface area contributed by atoms with Crippen molar-refractivity contribution in [3.8, 4) is 0 Å². The van der Waals surface area contributed by atoms with Crippen LogP contribution in [0.4, 0.5) is 0 Å². The maximum atomic E-state index is 13.1. The molecular weight excluding hydrogens is 348 g/mol. The molecule has 28 heavy (non-hydrogen) atoms. The number of ether oxygens (including phenoxy) is 2. The normalized spacial score (nSPS) is 57.8. The van der Waals surface area contributed by atoms with Gasteiger partial charge in [0.25, 0.3) is 0 Å². The predicted octanol–water partition coefficient (Wildman–Crippen LogP) is 4.96. The zero-order valence-electron chi connectivity index (χ0n) is 17.1. The summed E-state index contributed by atoms with van der Waals surface area (Å²) in [5, 5.41) is 0. The van der Waals surface area contributed by atoms with Crippen molar-refractivity contribution in [2.75, 3.05) is 0 Å². The van der Waals surface area contributed by atoms with Crippen LogP contribution in [-0.2, 0) is 14.3 Å². The highest BCUT2D eigenvalue weighted by Gasteiger charge is 2.62. The summed E-state index contributed by atoms with van der Waals surface area (Å²) in [6, 6.07) is 0. The SMILES string of the molecule is CC(OC(=O)C1CC2CC1C1C3C=CC(C3)C21)OC12CC3CC(CC(C3)C1)C2. The van der Waals surface area contributed by atoms with Crippen molar-refractivity contribution in [1.29, 1.82) is 0 Å². The van der Waals surface area contributed by atoms with Gasteiger partial charge in [-0.2, -0.15) is 0 Å². The molecule has 0 aliphatic heterocycles. The van der Waals surface area contributed by atoms with Crippen molar-refractivity contribution in [3.05, 3.63) is 12.2 Å². The van der Waals surface area contributed by atoms with E-state index in [1.54, 1.807) is 0 Å². The monoisotopic (exact) mass is 382 g/mol. The second kappa shape index (κ2) is 5.65. The smallest absolute Gasteiger partial charge is 0.311 e. The quantitative estimate of drug-likeness (QED) is 0.298. The Morgan fingerprint density at radius 1 is 0.893 bits per heavy atom. The van der Waals surface area contributed by atoms with Gasteiger partial charge in [-0.15, -0.1) is 0 Å². The Bertz CT molecular complexity index is 690. The van der Waals surface area contributed by atoms with Crippen LogP contribution in [0.3, 0.4) is 0 Å². The fraction of sp³-hybridized carbons (Fsp3) is 0.880. The lowest BCUT2D eigenvalue weighted by molar-refractivity contribution is -0.247. The lowest BCUT2D eigenvalue weighted by Crippen LogP contribution is -2.53. The molecule has 0 saturated heterocycles. The molecule has 8 aliphatic rings. The number of carbonyl (C=O) groups is 1. The first-order chi connectivity index (χ1) is 13.6. The third-order valence-electron chi connectivity index (χ3n) is 10.3. The van der Waals surface area contributed by atoms with Gasteiger partial charge in [-0.3, -0.25) is 4.79 Å². The zero-order chi connectivity index (χ0) is 18.6. The lowest BCUT2D eigenvalue weighted by atomic mass is 9.54. The Balaban J connectivity index is 1.02. The van der Waals surface area contributed by atoms with Crippen molar-refractivity contribution in [1.82, 2.24) is 0 Å². The van der Waals surface area contributed by atoms with E-state index in [1.807, 2.05) is 6.92 Å². The number of allylic oxidation sites excluding steroid dienone is 2. The summed E-state index contributed by atoms with van der Waals surface area (Å²) < 4.78 is 12.5. The summed E-state index contributed by atoms with van der Waals surface area (Å²) in [5.41, 5.74) is 0.0175. The van der Waals surface area contributed by atoms with Gasteiger partial charge in [-0.1, -0.05) is 12.2 Å². The molecule has 3 nitrogen and oxygen atoms in total. The predicted molar refractivity (Wildman–Crippen MR) is 105 cm³/mol. The van der Waals surface area contributed by atoms with Gasteiger partial charge in [0.2, 0.25) is 6.29 Å². The first-order valence-electron chi connectivity index (χ1n) is 12.1. The molecule has 0 spiro atoms. The van der Waals surface area contributed by atoms with Gasteiger partial charge < -0.3 is 9.47 Å². The molecule has 7 saturated carbocycles. The number of esters is 1. The minimum atomic E-state index is -0.376. The lowest BCUT2D eigenvalue weighted by Gasteiger charge is -2.56. The van der Waals surface area contributed by atoms with Crippen molar-refractivity contribution in [2.45, 2.75) is 76.6 Å². The van der Waals surface area contributed by atoms with E-state index in [0.717, 1.165) is 53.8 Å². The average molecular weight is 383 g/mol. The summed E-state index contributed by atoms with van der Waals surface area (Å²) in [7, 11) is 0. The second-order valence-electron chi connectivity index (χ2n) is 11.8. The van der Waals surface area contributed by atoms with E-state index in [0.29, 0.717) is 5.92 Å². The standard InChI is InChI=1S/C25H34O3/c1-13(28-25-10-14-4-15(11-25)6-16(5-14)12-25)27-24(26)21-9-19-8-20(21)23-18-3-2-17(7-18)22(19)23/h2-3,13-23H,4-12H2,1H3. The Morgan fingerprint density at radius 3 is 2.21 bits per heavy atom. The Morgan fingerprint density at radius 2 is 1.54 bits per heavy atom. The summed E-state index contributed by atoms with van der Waals surface area (Å²) in [6.45, 7) is 1.98. The van der Waals surface area contributed by atoms with Crippen LogP contribution in [0.15, 0.2) is 12.2 Å². The Kier molecular flexibility index (Phi) is 3.41. The fourth-order valence-electron chi connectivity index (χ4n) is 10.1. The van der Waals surface area contributed by atoms with E-state index in [-0.39, 0.29) is 23.8 Å².